The summed E-state index contributed by atoms with van der Waals surface area (Å²) >= 11 is 1.83. The summed E-state index contributed by atoms with van der Waals surface area (Å²) in [5, 5.41) is 0.174. The summed E-state index contributed by atoms with van der Waals surface area (Å²) in [5.74, 6) is 0.719. The van der Waals surface area contributed by atoms with Crippen molar-refractivity contribution in [1.29, 1.82) is 0 Å². The fourth-order valence-electron chi connectivity index (χ4n) is 5.08. The van der Waals surface area contributed by atoms with E-state index in [2.05, 4.69) is 48.5 Å². The van der Waals surface area contributed by atoms with Crippen molar-refractivity contribution < 1.29 is 9.53 Å². The van der Waals surface area contributed by atoms with E-state index in [1.54, 1.807) is 0 Å². The van der Waals surface area contributed by atoms with Crippen LogP contribution >= 0.6 is 11.8 Å². The lowest BCUT2D eigenvalue weighted by Gasteiger charge is -2.57. The molecule has 0 unspecified atom stereocenters. The fraction of sp³-hybridized carbons (Fsp3) is 0.138. The van der Waals surface area contributed by atoms with Crippen LogP contribution in [0.1, 0.15) is 22.8 Å². The lowest BCUT2D eigenvalue weighted by molar-refractivity contribution is -0.142. The van der Waals surface area contributed by atoms with E-state index in [1.165, 1.54) is 5.56 Å². The molecule has 0 spiro atoms. The van der Waals surface area contributed by atoms with Gasteiger partial charge >= 0.3 is 0 Å². The number of hydrogen-bond donors (Lipinski definition) is 0. The van der Waals surface area contributed by atoms with Crippen LogP contribution in [-0.4, -0.2) is 12.0 Å². The van der Waals surface area contributed by atoms with Gasteiger partial charge in [-0.25, -0.2) is 0 Å². The number of carbonyl (C=O) groups excluding carboxylic acids is 1. The van der Waals surface area contributed by atoms with E-state index in [1.807, 2.05) is 83.4 Å². The first-order valence-corrected chi connectivity index (χ1v) is 12.1. The summed E-state index contributed by atoms with van der Waals surface area (Å²) in [5.41, 5.74) is 2.72. The molecule has 0 aromatic heterocycles. The van der Waals surface area contributed by atoms with Crippen LogP contribution in [-0.2, 0) is 10.3 Å². The van der Waals surface area contributed by atoms with Gasteiger partial charge in [-0.3, -0.25) is 9.69 Å². The highest BCUT2D eigenvalue weighted by atomic mass is 32.2. The molecule has 0 bridgehead atoms. The van der Waals surface area contributed by atoms with Crippen LogP contribution in [0, 0.1) is 0 Å². The number of thioether (sulfide) groups is 1. The largest absolute Gasteiger partial charge is 0.478 e. The van der Waals surface area contributed by atoms with Crippen molar-refractivity contribution in [3.63, 3.8) is 0 Å². The Labute approximate surface area is 198 Å². The van der Waals surface area contributed by atoms with E-state index in [4.69, 9.17) is 4.74 Å². The molecule has 1 amide bonds. The molecular formula is C29H23NO2S. The normalized spacial score (nSPS) is 23.6. The first-order valence-electron chi connectivity index (χ1n) is 11.2. The second-order valence-electron chi connectivity index (χ2n) is 8.46. The summed E-state index contributed by atoms with van der Waals surface area (Å²) in [6.45, 7) is 0. The van der Waals surface area contributed by atoms with Gasteiger partial charge < -0.3 is 4.74 Å². The molecule has 33 heavy (non-hydrogen) atoms. The smallest absolute Gasteiger partial charge is 0.271 e. The summed E-state index contributed by atoms with van der Waals surface area (Å²) < 4.78 is 6.44. The zero-order valence-electron chi connectivity index (χ0n) is 18.0. The third kappa shape index (κ3) is 3.25. The number of β-lactam (4-membered cyclic amide) rings is 1. The molecule has 1 saturated heterocycles. The molecule has 0 aliphatic carbocycles. The van der Waals surface area contributed by atoms with Gasteiger partial charge in [-0.2, -0.15) is 0 Å². The van der Waals surface area contributed by atoms with E-state index < -0.39 is 11.6 Å². The highest BCUT2D eigenvalue weighted by Crippen LogP contribution is 2.59. The summed E-state index contributed by atoms with van der Waals surface area (Å²) in [6, 6.07) is 38.9. The van der Waals surface area contributed by atoms with Gasteiger partial charge in [0, 0.05) is 10.1 Å². The maximum atomic E-state index is 13.7. The van der Waals surface area contributed by atoms with Crippen LogP contribution in [0.15, 0.2) is 120 Å². The maximum absolute atomic E-state index is 13.7. The Balaban J connectivity index is 1.55. The third-order valence-electron chi connectivity index (χ3n) is 6.59. The van der Waals surface area contributed by atoms with E-state index in [-0.39, 0.29) is 11.2 Å². The summed E-state index contributed by atoms with van der Waals surface area (Å²) in [7, 11) is 0. The molecule has 3 nitrogen and oxygen atoms in total. The van der Waals surface area contributed by atoms with Crippen molar-refractivity contribution >= 4 is 23.4 Å². The van der Waals surface area contributed by atoms with Crippen molar-refractivity contribution in [3.05, 3.63) is 126 Å². The molecule has 4 aromatic rings. The van der Waals surface area contributed by atoms with Crippen molar-refractivity contribution in [1.82, 2.24) is 0 Å². The van der Waals surface area contributed by atoms with E-state index in [0.717, 1.165) is 22.6 Å². The lowest BCUT2D eigenvalue weighted by atomic mass is 9.70. The minimum absolute atomic E-state index is 0.00414. The van der Waals surface area contributed by atoms with Crippen LogP contribution in [0.3, 0.4) is 0 Å². The monoisotopic (exact) mass is 449 g/mol. The Morgan fingerprint density at radius 3 is 2.09 bits per heavy atom. The second-order valence-corrected chi connectivity index (χ2v) is 9.71. The van der Waals surface area contributed by atoms with Gasteiger partial charge in [0.1, 0.15) is 11.3 Å². The number of anilines is 1. The number of carbonyl (C=O) groups is 1. The molecule has 3 atom stereocenters. The maximum Gasteiger partial charge on any atom is 0.271 e. The van der Waals surface area contributed by atoms with Gasteiger partial charge in [0.15, 0.2) is 0 Å². The van der Waals surface area contributed by atoms with Crippen LogP contribution in [0.4, 0.5) is 5.69 Å². The second kappa shape index (κ2) is 8.13. The highest BCUT2D eigenvalue weighted by Gasteiger charge is 2.65. The highest BCUT2D eigenvalue weighted by molar-refractivity contribution is 7.99. The van der Waals surface area contributed by atoms with Crippen LogP contribution in [0.2, 0.25) is 0 Å². The van der Waals surface area contributed by atoms with Crippen molar-refractivity contribution in [2.45, 2.75) is 28.2 Å². The number of amides is 1. The zero-order valence-corrected chi connectivity index (χ0v) is 18.8. The molecule has 0 saturated carbocycles. The number of para-hydroxylation sites is 2. The lowest BCUT2D eigenvalue weighted by Crippen LogP contribution is -2.74. The molecule has 1 fully saturated rings. The molecule has 0 N–H and O–H groups in total. The fourth-order valence-corrected chi connectivity index (χ4v) is 6.46. The Morgan fingerprint density at radius 1 is 0.758 bits per heavy atom. The number of nitrogens with zero attached hydrogens (tertiary/aromatic N) is 1. The average Bonchev–Trinajstić information content (AvgIpc) is 3.02. The van der Waals surface area contributed by atoms with Crippen molar-refractivity contribution in [3.8, 4) is 5.75 Å². The van der Waals surface area contributed by atoms with E-state index in [0.29, 0.717) is 5.75 Å². The predicted octanol–water partition coefficient (Wildman–Crippen LogP) is 6.61. The average molecular weight is 450 g/mol. The first-order chi connectivity index (χ1) is 16.3. The Morgan fingerprint density at radius 2 is 1.36 bits per heavy atom. The number of ether oxygens (including phenoxy) is 1. The molecule has 2 aliphatic heterocycles. The zero-order chi connectivity index (χ0) is 22.3. The number of hydrogen-bond acceptors (Lipinski definition) is 3. The van der Waals surface area contributed by atoms with Gasteiger partial charge in [-0.15, -0.1) is 11.8 Å². The third-order valence-corrected chi connectivity index (χ3v) is 7.91. The molecule has 4 heteroatoms. The van der Waals surface area contributed by atoms with E-state index >= 15 is 0 Å². The molecule has 4 aromatic carbocycles. The quantitative estimate of drug-likeness (QED) is 0.328. The van der Waals surface area contributed by atoms with Gasteiger partial charge in [-0.05, 0) is 41.8 Å². The van der Waals surface area contributed by atoms with Crippen LogP contribution in [0.25, 0.3) is 0 Å². The van der Waals surface area contributed by atoms with Gasteiger partial charge in [0.2, 0.25) is 6.10 Å². The van der Waals surface area contributed by atoms with Gasteiger partial charge in [-0.1, -0.05) is 91.0 Å². The minimum atomic E-state index is -0.603. The molecular weight excluding hydrogens is 426 g/mol. The first kappa shape index (κ1) is 20.1. The van der Waals surface area contributed by atoms with Crippen molar-refractivity contribution in [2.24, 2.45) is 0 Å². The molecule has 162 valence electrons. The minimum Gasteiger partial charge on any atom is -0.478 e. The molecule has 6 rings (SSSR count). The van der Waals surface area contributed by atoms with Crippen LogP contribution in [0.5, 0.6) is 5.75 Å². The molecule has 0 radical (unpaired) electrons. The number of benzene rings is 4. The Hall–Kier alpha value is -3.50. The summed E-state index contributed by atoms with van der Waals surface area (Å²) in [4.78, 5) is 16.8. The Kier molecular flexibility index (Phi) is 4.96. The number of rotatable bonds is 4. The van der Waals surface area contributed by atoms with Gasteiger partial charge in [0.25, 0.3) is 5.91 Å². The molecule has 2 aliphatic rings. The number of fused-ring (bicyclic) bond motifs is 3. The Bertz CT molecular complexity index is 1280. The topological polar surface area (TPSA) is 29.5 Å². The van der Waals surface area contributed by atoms with Crippen molar-refractivity contribution in [2.75, 3.05) is 4.90 Å². The standard InChI is InChI=1S/C29H23NO2S/c31-28-27(32-23-16-8-3-9-17-23)29(22-14-6-2-7-15-22)20-26(21-12-4-1-5-13-21)33-25-19-11-10-18-24(25)30(28)29/h1-19,26-27H,20H2/t26-,27-,29+/m1/s1. The van der Waals surface area contributed by atoms with Gasteiger partial charge in [0.05, 0.1) is 5.69 Å². The summed E-state index contributed by atoms with van der Waals surface area (Å²) in [6.07, 6.45) is 0.157. The molecule has 2 heterocycles. The SMILES string of the molecule is O=C1[C@@H](Oc2ccccc2)[C@@]2(c3ccccc3)C[C@H](c3ccccc3)Sc3ccccc3N12. The van der Waals surface area contributed by atoms with E-state index in [9.17, 15) is 4.79 Å². The predicted molar refractivity (Wildman–Crippen MR) is 133 cm³/mol. The van der Waals surface area contributed by atoms with Crippen LogP contribution < -0.4 is 9.64 Å².